The lowest BCUT2D eigenvalue weighted by molar-refractivity contribution is 0.0605. The predicted molar refractivity (Wildman–Crippen MR) is 121 cm³/mol. The van der Waals surface area contributed by atoms with E-state index < -0.39 is 5.97 Å². The number of hydrogen-bond acceptors (Lipinski definition) is 8. The molecule has 0 bridgehead atoms. The van der Waals surface area contributed by atoms with Crippen LogP contribution in [-0.2, 0) is 17.7 Å². The first-order valence-corrected chi connectivity index (χ1v) is 12.1. The van der Waals surface area contributed by atoms with E-state index in [4.69, 9.17) is 9.72 Å². The van der Waals surface area contributed by atoms with E-state index in [0.29, 0.717) is 33.0 Å². The fourth-order valence-electron chi connectivity index (χ4n) is 4.06. The largest absolute Gasteiger partial charge is 0.465 e. The van der Waals surface area contributed by atoms with Crippen molar-refractivity contribution in [2.24, 2.45) is 0 Å². The molecule has 0 fully saturated rings. The minimum atomic E-state index is -0.435. The van der Waals surface area contributed by atoms with E-state index in [9.17, 15) is 9.59 Å². The van der Waals surface area contributed by atoms with Gasteiger partial charge >= 0.3 is 5.97 Å². The van der Waals surface area contributed by atoms with E-state index in [-0.39, 0.29) is 11.6 Å². The maximum atomic E-state index is 12.8. The molecule has 5 heterocycles. The molecule has 6 nitrogen and oxygen atoms in total. The van der Waals surface area contributed by atoms with Crippen LogP contribution in [0.1, 0.15) is 42.4 Å². The Morgan fingerprint density at radius 2 is 2.20 bits per heavy atom. The average Bonchev–Trinajstić information content (AvgIpc) is 3.47. The zero-order chi connectivity index (χ0) is 20.8. The summed E-state index contributed by atoms with van der Waals surface area (Å²) in [5.74, 6) is 0.181. The van der Waals surface area contributed by atoms with Gasteiger partial charge in [0, 0.05) is 16.3 Å². The highest BCUT2D eigenvalue weighted by molar-refractivity contribution is 7.20. The number of methoxy groups -OCH3 is 1. The van der Waals surface area contributed by atoms with E-state index >= 15 is 0 Å². The number of rotatable bonds is 4. The molecule has 0 radical (unpaired) electrons. The molecule has 9 heteroatoms. The molecule has 0 spiro atoms. The summed E-state index contributed by atoms with van der Waals surface area (Å²) >= 11 is 4.77. The van der Waals surface area contributed by atoms with Gasteiger partial charge in [-0.25, -0.2) is 9.78 Å². The van der Waals surface area contributed by atoms with Gasteiger partial charge in [0.05, 0.1) is 25.1 Å². The molecule has 4 aromatic rings. The molecule has 1 atom stereocenters. The van der Waals surface area contributed by atoms with Crippen molar-refractivity contribution in [2.45, 2.75) is 25.9 Å². The Kier molecular flexibility index (Phi) is 5.06. The summed E-state index contributed by atoms with van der Waals surface area (Å²) in [6.45, 7) is 3.19. The molecule has 0 aliphatic carbocycles. The van der Waals surface area contributed by atoms with Gasteiger partial charge in [-0.2, -0.15) is 0 Å². The van der Waals surface area contributed by atoms with Crippen molar-refractivity contribution in [3.63, 3.8) is 0 Å². The molecule has 1 aliphatic heterocycles. The molecule has 0 amide bonds. The van der Waals surface area contributed by atoms with Gasteiger partial charge < -0.3 is 9.72 Å². The second-order valence-electron chi connectivity index (χ2n) is 7.18. The third-order valence-corrected chi connectivity index (χ3v) is 8.54. The Morgan fingerprint density at radius 3 is 2.97 bits per heavy atom. The Bertz CT molecular complexity index is 1290. The molecule has 1 unspecified atom stereocenters. The highest BCUT2D eigenvalue weighted by Crippen LogP contribution is 2.40. The monoisotopic (exact) mass is 457 g/mol. The third-order valence-electron chi connectivity index (χ3n) is 5.45. The summed E-state index contributed by atoms with van der Waals surface area (Å²) in [5.41, 5.74) is 1.76. The Labute approximate surface area is 184 Å². The number of hydrogen-bond donors (Lipinski definition) is 1. The molecule has 1 aliphatic rings. The Morgan fingerprint density at radius 1 is 1.33 bits per heavy atom. The topological polar surface area (TPSA) is 75.3 Å². The highest BCUT2D eigenvalue weighted by atomic mass is 32.1. The van der Waals surface area contributed by atoms with E-state index in [0.717, 1.165) is 13.0 Å². The zero-order valence-electron chi connectivity index (χ0n) is 16.4. The fraction of sp³-hybridized carbons (Fsp3) is 0.286. The number of carbonyl (C=O) groups excluding carboxylic acids is 1. The van der Waals surface area contributed by atoms with Crippen molar-refractivity contribution >= 4 is 50.2 Å². The van der Waals surface area contributed by atoms with Crippen molar-refractivity contribution in [2.75, 3.05) is 13.7 Å². The molecule has 5 rings (SSSR count). The number of carbonyl (C=O) groups is 1. The molecule has 0 aromatic carbocycles. The number of aryl methyl sites for hydroxylation is 1. The predicted octanol–water partition coefficient (Wildman–Crippen LogP) is 4.35. The summed E-state index contributed by atoms with van der Waals surface area (Å²) in [7, 11) is 1.34. The maximum Gasteiger partial charge on any atom is 0.348 e. The Balaban J connectivity index is 1.53. The summed E-state index contributed by atoms with van der Waals surface area (Å²) < 4.78 is 4.84. The van der Waals surface area contributed by atoms with Crippen molar-refractivity contribution < 1.29 is 9.53 Å². The van der Waals surface area contributed by atoms with Crippen LogP contribution in [0.15, 0.2) is 33.8 Å². The van der Waals surface area contributed by atoms with Crippen molar-refractivity contribution in [3.8, 4) is 0 Å². The normalized spacial score (nSPS) is 16.7. The lowest BCUT2D eigenvalue weighted by atomic mass is 9.98. The minimum Gasteiger partial charge on any atom is -0.465 e. The summed E-state index contributed by atoms with van der Waals surface area (Å²) in [5, 5.41) is 4.73. The number of aromatic amines is 1. The van der Waals surface area contributed by atoms with Gasteiger partial charge in [0.2, 0.25) is 0 Å². The van der Waals surface area contributed by atoms with Crippen LogP contribution >= 0.6 is 34.0 Å². The summed E-state index contributed by atoms with van der Waals surface area (Å²) in [6, 6.07) is 6.62. The van der Waals surface area contributed by atoms with E-state index in [1.165, 1.54) is 33.8 Å². The SMILES string of the molecule is COC(=O)c1sc2nc(CN3CCc4sccc4C3c3cccs3)[nH]c(=O)c2c1C. The van der Waals surface area contributed by atoms with Gasteiger partial charge in [-0.15, -0.1) is 34.0 Å². The average molecular weight is 458 g/mol. The van der Waals surface area contributed by atoms with Crippen LogP contribution < -0.4 is 5.56 Å². The molecule has 154 valence electrons. The fourth-order valence-corrected chi connectivity index (χ4v) is 6.96. The molecule has 4 aromatic heterocycles. The molecular formula is C21H19N3O3S3. The first-order chi connectivity index (χ1) is 14.6. The van der Waals surface area contributed by atoms with Crippen molar-refractivity contribution in [1.82, 2.24) is 14.9 Å². The minimum absolute atomic E-state index is 0.164. The number of H-pyrrole nitrogens is 1. The van der Waals surface area contributed by atoms with E-state index in [1.807, 2.05) is 11.3 Å². The van der Waals surface area contributed by atoms with Gasteiger partial charge in [-0.05, 0) is 47.4 Å². The first kappa shape index (κ1) is 19.6. The summed E-state index contributed by atoms with van der Waals surface area (Å²) in [6.07, 6.45) is 0.992. The van der Waals surface area contributed by atoms with Crippen LogP contribution in [-0.4, -0.2) is 34.5 Å². The lowest BCUT2D eigenvalue weighted by Crippen LogP contribution is -2.35. The second-order valence-corrected chi connectivity index (χ2v) is 10.2. The summed E-state index contributed by atoms with van der Waals surface area (Å²) in [4.78, 5) is 38.6. The van der Waals surface area contributed by atoms with E-state index in [2.05, 4.69) is 38.8 Å². The molecule has 1 N–H and O–H groups in total. The van der Waals surface area contributed by atoms with Gasteiger partial charge in [-0.1, -0.05) is 6.07 Å². The van der Waals surface area contributed by atoms with Crippen LogP contribution in [0.25, 0.3) is 10.2 Å². The third kappa shape index (κ3) is 3.22. The number of ether oxygens (including phenoxy) is 1. The maximum absolute atomic E-state index is 12.8. The van der Waals surface area contributed by atoms with Gasteiger partial charge in [0.15, 0.2) is 0 Å². The number of nitrogens with zero attached hydrogens (tertiary/aromatic N) is 2. The Hall–Kier alpha value is -2.33. The number of fused-ring (bicyclic) bond motifs is 2. The van der Waals surface area contributed by atoms with Crippen LogP contribution in [0.4, 0.5) is 0 Å². The van der Waals surface area contributed by atoms with Gasteiger partial charge in [0.25, 0.3) is 5.56 Å². The van der Waals surface area contributed by atoms with Crippen molar-refractivity contribution in [1.29, 1.82) is 0 Å². The molecule has 0 saturated heterocycles. The highest BCUT2D eigenvalue weighted by Gasteiger charge is 2.31. The number of aromatic nitrogens is 2. The first-order valence-electron chi connectivity index (χ1n) is 9.51. The smallest absolute Gasteiger partial charge is 0.348 e. The van der Waals surface area contributed by atoms with Gasteiger partial charge in [0.1, 0.15) is 15.5 Å². The van der Waals surface area contributed by atoms with Crippen molar-refractivity contribution in [3.05, 3.63) is 70.9 Å². The lowest BCUT2D eigenvalue weighted by Gasteiger charge is -2.35. The van der Waals surface area contributed by atoms with Crippen LogP contribution in [0.3, 0.4) is 0 Å². The van der Waals surface area contributed by atoms with Crippen LogP contribution in [0.2, 0.25) is 0 Å². The second kappa shape index (κ2) is 7.73. The number of thiophene rings is 3. The van der Waals surface area contributed by atoms with E-state index in [1.54, 1.807) is 18.3 Å². The standard InChI is InChI=1S/C21H19N3O3S3/c1-11-16-19(25)22-15(23-20(16)30-18(11)21(26)27-2)10-24-7-5-13-12(6-9-29-13)17(24)14-4-3-8-28-14/h3-4,6,8-9,17H,5,7,10H2,1-2H3,(H,22,23,25). The zero-order valence-corrected chi connectivity index (χ0v) is 18.9. The van der Waals surface area contributed by atoms with Gasteiger partial charge in [-0.3, -0.25) is 9.69 Å². The van der Waals surface area contributed by atoms with Crippen LogP contribution in [0.5, 0.6) is 0 Å². The quantitative estimate of drug-likeness (QED) is 0.461. The van der Waals surface area contributed by atoms with Crippen LogP contribution in [0, 0.1) is 6.92 Å². The number of nitrogens with one attached hydrogen (secondary N) is 1. The molecular weight excluding hydrogens is 438 g/mol. The molecule has 30 heavy (non-hydrogen) atoms. The number of esters is 1. The molecule has 0 saturated carbocycles.